The Bertz CT molecular complexity index is 1480. The molecule has 2 heterocycles. The summed E-state index contributed by atoms with van der Waals surface area (Å²) >= 11 is 0. The first-order chi connectivity index (χ1) is 22.4. The van der Waals surface area contributed by atoms with Crippen LogP contribution in [0, 0.1) is 20.2 Å². The maximum absolute atomic E-state index is 13.3. The number of hydrogen-bond donors (Lipinski definition) is 2. The van der Waals surface area contributed by atoms with Crippen molar-refractivity contribution in [3.8, 4) is 23.0 Å². The fourth-order valence-corrected chi connectivity index (χ4v) is 5.58. The van der Waals surface area contributed by atoms with Crippen LogP contribution in [0.3, 0.4) is 0 Å². The number of ether oxygens (including phenoxy) is 4. The molecule has 2 atom stereocenters. The summed E-state index contributed by atoms with van der Waals surface area (Å²) in [6.07, 6.45) is 0.949. The average molecular weight is 657 g/mol. The molecule has 2 amide bonds. The van der Waals surface area contributed by atoms with Crippen molar-refractivity contribution in [1.82, 2.24) is 9.80 Å². The molecule has 0 saturated carbocycles. The highest BCUT2D eigenvalue weighted by molar-refractivity contribution is 5.99. The number of methoxy groups -OCH3 is 2. The van der Waals surface area contributed by atoms with Crippen molar-refractivity contribution in [2.75, 3.05) is 53.7 Å². The molecule has 0 radical (unpaired) electrons. The summed E-state index contributed by atoms with van der Waals surface area (Å²) in [4.78, 5) is 51.7. The topological polar surface area (TPSA) is 204 Å². The smallest absolute Gasteiger partial charge is 0.312 e. The van der Waals surface area contributed by atoms with E-state index in [1.807, 2.05) is 0 Å². The first-order valence-electron chi connectivity index (χ1n) is 14.6. The van der Waals surface area contributed by atoms with Crippen LogP contribution in [0.25, 0.3) is 0 Å². The minimum absolute atomic E-state index is 0.0296. The van der Waals surface area contributed by atoms with E-state index >= 15 is 0 Å². The number of aliphatic hydroxyl groups excluding tert-OH is 2. The number of amides is 2. The zero-order valence-electron chi connectivity index (χ0n) is 26.0. The van der Waals surface area contributed by atoms with Crippen molar-refractivity contribution in [3.05, 3.63) is 79.9 Å². The maximum atomic E-state index is 13.3. The second-order valence-corrected chi connectivity index (χ2v) is 11.1. The lowest BCUT2D eigenvalue weighted by Crippen LogP contribution is -2.37. The molecule has 2 aromatic rings. The lowest BCUT2D eigenvalue weighted by atomic mass is 10.1. The number of rotatable bonds is 14. The number of hydrogen-bond acceptors (Lipinski definition) is 12. The van der Waals surface area contributed by atoms with Crippen molar-refractivity contribution < 1.29 is 48.6 Å². The lowest BCUT2D eigenvalue weighted by Gasteiger charge is -2.23. The van der Waals surface area contributed by atoms with E-state index in [2.05, 4.69) is 13.2 Å². The van der Waals surface area contributed by atoms with Gasteiger partial charge in [-0.3, -0.25) is 29.8 Å². The Labute approximate surface area is 269 Å². The van der Waals surface area contributed by atoms with Gasteiger partial charge in [0, 0.05) is 43.8 Å². The molecule has 16 nitrogen and oxygen atoms in total. The van der Waals surface area contributed by atoms with Gasteiger partial charge in [-0.05, 0) is 12.8 Å². The number of nitrogens with zero attached hydrogens (tertiary/aromatic N) is 4. The Morgan fingerprint density at radius 3 is 1.47 bits per heavy atom. The molecule has 252 valence electrons. The van der Waals surface area contributed by atoms with Crippen LogP contribution in [0.2, 0.25) is 0 Å². The van der Waals surface area contributed by atoms with E-state index in [-0.39, 0.29) is 80.1 Å². The first-order valence-corrected chi connectivity index (χ1v) is 14.6. The maximum Gasteiger partial charge on any atom is 0.312 e. The number of benzene rings is 2. The number of aliphatic hydroxyl groups is 2. The molecule has 2 N–H and O–H groups in total. The Kier molecular flexibility index (Phi) is 11.0. The summed E-state index contributed by atoms with van der Waals surface area (Å²) in [7, 11) is 2.60. The van der Waals surface area contributed by atoms with Crippen molar-refractivity contribution >= 4 is 23.2 Å². The molecular weight excluding hydrogens is 620 g/mol. The van der Waals surface area contributed by atoms with Crippen LogP contribution in [0.4, 0.5) is 11.4 Å². The SMILES string of the molecule is C=C1CC(CO)N(C(=O)c2cc([N+](=O)[O-])c(OCCCOc3cc(OC)c(C(=O)N4CC(=C)CC4CO)cc3[N+](=O)[O-])cc2OC)C1. The van der Waals surface area contributed by atoms with Gasteiger partial charge in [-0.2, -0.15) is 0 Å². The van der Waals surface area contributed by atoms with E-state index in [4.69, 9.17) is 18.9 Å². The number of nitro groups is 2. The van der Waals surface area contributed by atoms with E-state index in [1.165, 1.54) is 36.2 Å². The highest BCUT2D eigenvalue weighted by Gasteiger charge is 2.35. The van der Waals surface area contributed by atoms with Gasteiger partial charge >= 0.3 is 11.4 Å². The molecule has 2 unspecified atom stereocenters. The molecule has 47 heavy (non-hydrogen) atoms. The molecule has 0 bridgehead atoms. The van der Waals surface area contributed by atoms with Gasteiger partial charge < -0.3 is 39.0 Å². The van der Waals surface area contributed by atoms with Crippen LogP contribution in [-0.4, -0.2) is 107 Å². The van der Waals surface area contributed by atoms with Crippen LogP contribution in [-0.2, 0) is 0 Å². The molecule has 2 fully saturated rings. The average Bonchev–Trinajstić information content (AvgIpc) is 3.64. The number of likely N-dealkylation sites (tertiary alicyclic amines) is 2. The van der Waals surface area contributed by atoms with Crippen molar-refractivity contribution in [1.29, 1.82) is 0 Å². The van der Waals surface area contributed by atoms with Crippen molar-refractivity contribution in [3.63, 3.8) is 0 Å². The van der Waals surface area contributed by atoms with Crippen molar-refractivity contribution in [2.45, 2.75) is 31.3 Å². The Balaban J connectivity index is 1.46. The molecule has 2 saturated heterocycles. The molecule has 0 spiro atoms. The van der Waals surface area contributed by atoms with Crippen LogP contribution < -0.4 is 18.9 Å². The van der Waals surface area contributed by atoms with Gasteiger partial charge in [0.25, 0.3) is 11.8 Å². The molecule has 0 aliphatic carbocycles. The van der Waals surface area contributed by atoms with Gasteiger partial charge in [0.1, 0.15) is 11.5 Å². The van der Waals surface area contributed by atoms with Crippen molar-refractivity contribution in [2.24, 2.45) is 0 Å². The number of carbonyl (C=O) groups is 2. The predicted molar refractivity (Wildman–Crippen MR) is 166 cm³/mol. The highest BCUT2D eigenvalue weighted by Crippen LogP contribution is 2.38. The van der Waals surface area contributed by atoms with Crippen LogP contribution in [0.5, 0.6) is 23.0 Å². The summed E-state index contributed by atoms with van der Waals surface area (Å²) < 4.78 is 22.0. The molecule has 2 aliphatic heterocycles. The summed E-state index contributed by atoms with van der Waals surface area (Å²) in [5.74, 6) is -1.41. The third-order valence-corrected chi connectivity index (χ3v) is 7.88. The summed E-state index contributed by atoms with van der Waals surface area (Å²) in [5.41, 5.74) is 0.358. The monoisotopic (exact) mass is 656 g/mol. The number of carbonyl (C=O) groups excluding carboxylic acids is 2. The van der Waals surface area contributed by atoms with Gasteiger partial charge in [0.2, 0.25) is 11.5 Å². The van der Waals surface area contributed by atoms with Crippen LogP contribution >= 0.6 is 0 Å². The van der Waals surface area contributed by atoms with E-state index in [0.717, 1.165) is 23.3 Å². The lowest BCUT2D eigenvalue weighted by molar-refractivity contribution is -0.385. The summed E-state index contributed by atoms with van der Waals surface area (Å²) in [5, 5.41) is 43.1. The standard InChI is InChI=1S/C31H36N4O12/c1-18-8-20(16-36)32(14-18)30(38)22-10-24(34(40)41)28(12-26(22)44-3)46-6-5-7-47-29-13-27(45-4)23(11-25(29)35(42)43)31(39)33-15-19(2)9-21(33)17-37/h10-13,20-21,36-37H,1-2,5-9,14-17H2,3-4H3. The zero-order valence-corrected chi connectivity index (χ0v) is 26.0. The zero-order chi connectivity index (χ0) is 34.4. The summed E-state index contributed by atoms with van der Waals surface area (Å²) in [6.45, 7) is 7.31. The molecule has 4 rings (SSSR count). The van der Waals surface area contributed by atoms with E-state index in [9.17, 15) is 40.0 Å². The molecular formula is C31H36N4O12. The Hall–Kier alpha value is -5.22. The van der Waals surface area contributed by atoms with Gasteiger partial charge in [-0.1, -0.05) is 24.3 Å². The quantitative estimate of drug-likeness (QED) is 0.130. The fourth-order valence-electron chi connectivity index (χ4n) is 5.58. The molecule has 2 aromatic carbocycles. The number of nitro benzene ring substituents is 2. The minimum atomic E-state index is -0.701. The normalized spacial score (nSPS) is 17.5. The second kappa shape index (κ2) is 14.9. The third-order valence-electron chi connectivity index (χ3n) is 7.88. The predicted octanol–water partition coefficient (Wildman–Crippen LogP) is 2.89. The molecule has 2 aliphatic rings. The van der Waals surface area contributed by atoms with Crippen LogP contribution in [0.1, 0.15) is 40.0 Å². The minimum Gasteiger partial charge on any atom is -0.496 e. The second-order valence-electron chi connectivity index (χ2n) is 11.1. The Morgan fingerprint density at radius 2 is 1.15 bits per heavy atom. The molecule has 16 heteroatoms. The van der Waals surface area contributed by atoms with Gasteiger partial charge in [0.05, 0.1) is 73.7 Å². The molecule has 0 aromatic heterocycles. The van der Waals surface area contributed by atoms with Gasteiger partial charge in [-0.15, -0.1) is 0 Å². The fraction of sp³-hybridized carbons (Fsp3) is 0.419. The third kappa shape index (κ3) is 7.44. The highest BCUT2D eigenvalue weighted by atomic mass is 16.6. The summed E-state index contributed by atoms with van der Waals surface area (Å²) in [6, 6.07) is 3.56. The van der Waals surface area contributed by atoms with Gasteiger partial charge in [-0.25, -0.2) is 0 Å². The largest absolute Gasteiger partial charge is 0.496 e. The van der Waals surface area contributed by atoms with E-state index < -0.39 is 45.1 Å². The Morgan fingerprint density at radius 1 is 0.766 bits per heavy atom. The first kappa shape index (κ1) is 34.6. The van der Waals surface area contributed by atoms with Crippen LogP contribution in [0.15, 0.2) is 48.6 Å². The van der Waals surface area contributed by atoms with E-state index in [0.29, 0.717) is 12.8 Å². The van der Waals surface area contributed by atoms with E-state index in [1.54, 1.807) is 0 Å². The van der Waals surface area contributed by atoms with Gasteiger partial charge in [0.15, 0.2) is 0 Å².